The average molecular weight is 242 g/mol. The second-order valence-corrected chi connectivity index (χ2v) is 3.49. The molecule has 2 aromatic heterocycles. The lowest BCUT2D eigenvalue weighted by Crippen LogP contribution is -2.13. The van der Waals surface area contributed by atoms with Crippen molar-refractivity contribution in [3.63, 3.8) is 0 Å². The Morgan fingerprint density at radius 2 is 2.06 bits per heavy atom. The first-order chi connectivity index (χ1) is 8.68. The van der Waals surface area contributed by atoms with E-state index in [0.29, 0.717) is 0 Å². The number of hydrogen-bond donors (Lipinski definition) is 1. The predicted octanol–water partition coefficient (Wildman–Crippen LogP) is 1.58. The van der Waals surface area contributed by atoms with Crippen LogP contribution in [0.15, 0.2) is 59.0 Å². The third-order valence-electron chi connectivity index (χ3n) is 2.21. The van der Waals surface area contributed by atoms with E-state index in [9.17, 15) is 9.59 Å². The molecule has 5 nitrogen and oxygen atoms in total. The Morgan fingerprint density at radius 3 is 2.67 bits per heavy atom. The number of allylic oxidation sites excluding steroid dienone is 2. The van der Waals surface area contributed by atoms with Gasteiger partial charge in [-0.15, -0.1) is 0 Å². The standard InChI is InChI=1S/C13H10N2O3/c14-9(13(17)12-5-3-7-18-12)8-11(16)10-4-1-2-6-15-10/h1-8H,14H2. The van der Waals surface area contributed by atoms with Gasteiger partial charge in [0.15, 0.2) is 5.76 Å². The van der Waals surface area contributed by atoms with Crippen LogP contribution in [0.2, 0.25) is 0 Å². The van der Waals surface area contributed by atoms with E-state index in [1.807, 2.05) is 0 Å². The normalized spacial score (nSPS) is 11.2. The van der Waals surface area contributed by atoms with Crippen LogP contribution in [0, 0.1) is 0 Å². The molecule has 0 aromatic carbocycles. The fourth-order valence-corrected chi connectivity index (χ4v) is 1.34. The number of carbonyl (C=O) groups is 2. The number of pyridine rings is 1. The van der Waals surface area contributed by atoms with Crippen molar-refractivity contribution in [1.82, 2.24) is 4.98 Å². The smallest absolute Gasteiger partial charge is 0.243 e. The lowest BCUT2D eigenvalue weighted by atomic mass is 10.1. The van der Waals surface area contributed by atoms with E-state index in [1.165, 1.54) is 18.5 Å². The summed E-state index contributed by atoms with van der Waals surface area (Å²) in [5, 5.41) is 0. The highest BCUT2D eigenvalue weighted by Gasteiger charge is 2.14. The Bertz CT molecular complexity index is 586. The van der Waals surface area contributed by atoms with E-state index in [-0.39, 0.29) is 17.2 Å². The fraction of sp³-hybridized carbons (Fsp3) is 0. The number of ketones is 2. The predicted molar refractivity (Wildman–Crippen MR) is 63.9 cm³/mol. The monoisotopic (exact) mass is 242 g/mol. The molecule has 0 saturated heterocycles. The van der Waals surface area contributed by atoms with Gasteiger partial charge >= 0.3 is 0 Å². The molecule has 0 aliphatic heterocycles. The van der Waals surface area contributed by atoms with E-state index in [4.69, 9.17) is 10.2 Å². The summed E-state index contributed by atoms with van der Waals surface area (Å²) in [6, 6.07) is 7.97. The molecule has 18 heavy (non-hydrogen) atoms. The number of nitrogens with zero attached hydrogens (tertiary/aromatic N) is 1. The zero-order chi connectivity index (χ0) is 13.0. The van der Waals surface area contributed by atoms with E-state index in [0.717, 1.165) is 6.08 Å². The number of nitrogens with two attached hydrogens (primary N) is 1. The largest absolute Gasteiger partial charge is 0.461 e. The molecule has 0 amide bonds. The topological polar surface area (TPSA) is 86.2 Å². The van der Waals surface area contributed by atoms with E-state index in [2.05, 4.69) is 4.98 Å². The van der Waals surface area contributed by atoms with E-state index in [1.54, 1.807) is 24.3 Å². The number of rotatable bonds is 4. The van der Waals surface area contributed by atoms with Crippen molar-refractivity contribution in [2.45, 2.75) is 0 Å². The van der Waals surface area contributed by atoms with Crippen LogP contribution in [0.5, 0.6) is 0 Å². The maximum absolute atomic E-state index is 11.7. The highest BCUT2D eigenvalue weighted by molar-refractivity contribution is 6.12. The van der Waals surface area contributed by atoms with Crippen molar-refractivity contribution in [3.05, 3.63) is 66.0 Å². The minimum atomic E-state index is -0.524. The summed E-state index contributed by atoms with van der Waals surface area (Å²) in [5.74, 6) is -0.852. The second-order valence-electron chi connectivity index (χ2n) is 3.49. The Kier molecular flexibility index (Phi) is 3.33. The quantitative estimate of drug-likeness (QED) is 0.649. The molecular weight excluding hydrogens is 232 g/mol. The van der Waals surface area contributed by atoms with Crippen LogP contribution in [0.1, 0.15) is 21.0 Å². The van der Waals surface area contributed by atoms with Crippen molar-refractivity contribution in [2.75, 3.05) is 0 Å². The SMILES string of the molecule is NC(=CC(=O)c1ccccn1)C(=O)c1ccco1. The first kappa shape index (κ1) is 11.8. The highest BCUT2D eigenvalue weighted by atomic mass is 16.3. The second kappa shape index (κ2) is 5.09. The van der Waals surface area contributed by atoms with Gasteiger partial charge in [-0.05, 0) is 24.3 Å². The van der Waals surface area contributed by atoms with Gasteiger partial charge in [-0.25, -0.2) is 0 Å². The molecular formula is C13H10N2O3. The Labute approximate surface area is 103 Å². The molecule has 0 radical (unpaired) electrons. The molecule has 90 valence electrons. The molecule has 0 saturated carbocycles. The lowest BCUT2D eigenvalue weighted by molar-refractivity contribution is 0.0988. The minimum Gasteiger partial charge on any atom is -0.461 e. The highest BCUT2D eigenvalue weighted by Crippen LogP contribution is 2.06. The van der Waals surface area contributed by atoms with Crippen molar-refractivity contribution >= 4 is 11.6 Å². The molecule has 2 aromatic rings. The van der Waals surface area contributed by atoms with Crippen LogP contribution in [-0.2, 0) is 0 Å². The molecule has 0 fully saturated rings. The molecule has 5 heteroatoms. The Balaban J connectivity index is 2.19. The van der Waals surface area contributed by atoms with Gasteiger partial charge in [0.05, 0.1) is 12.0 Å². The molecule has 0 unspecified atom stereocenters. The number of hydrogen-bond acceptors (Lipinski definition) is 5. The lowest BCUT2D eigenvalue weighted by Gasteiger charge is -1.97. The van der Waals surface area contributed by atoms with Gasteiger partial charge in [-0.1, -0.05) is 6.07 Å². The molecule has 0 atom stereocenters. The van der Waals surface area contributed by atoms with Gasteiger partial charge in [0.1, 0.15) is 5.69 Å². The maximum atomic E-state index is 11.7. The summed E-state index contributed by atoms with van der Waals surface area (Å²) in [6.07, 6.45) is 3.90. The van der Waals surface area contributed by atoms with Gasteiger partial charge < -0.3 is 10.2 Å². The third kappa shape index (κ3) is 2.52. The fourth-order valence-electron chi connectivity index (χ4n) is 1.34. The van der Waals surface area contributed by atoms with Crippen LogP contribution < -0.4 is 5.73 Å². The van der Waals surface area contributed by atoms with Crippen LogP contribution in [-0.4, -0.2) is 16.6 Å². The first-order valence-electron chi connectivity index (χ1n) is 5.19. The van der Waals surface area contributed by atoms with Crippen LogP contribution in [0.25, 0.3) is 0 Å². The van der Waals surface area contributed by atoms with Gasteiger partial charge in [0.2, 0.25) is 11.6 Å². The molecule has 2 heterocycles. The van der Waals surface area contributed by atoms with Gasteiger partial charge in [0.25, 0.3) is 0 Å². The number of carbonyl (C=O) groups excluding carboxylic acids is 2. The molecule has 0 aliphatic rings. The molecule has 2 N–H and O–H groups in total. The van der Waals surface area contributed by atoms with Crippen molar-refractivity contribution in [2.24, 2.45) is 5.73 Å². The Morgan fingerprint density at radius 1 is 1.22 bits per heavy atom. The third-order valence-corrected chi connectivity index (χ3v) is 2.21. The summed E-state index contributed by atoms with van der Waals surface area (Å²) >= 11 is 0. The van der Waals surface area contributed by atoms with Crippen LogP contribution in [0.3, 0.4) is 0 Å². The average Bonchev–Trinajstić information content (AvgIpc) is 2.92. The molecule has 2 rings (SSSR count). The number of aromatic nitrogens is 1. The van der Waals surface area contributed by atoms with Crippen molar-refractivity contribution in [3.8, 4) is 0 Å². The number of furan rings is 1. The molecule has 0 bridgehead atoms. The zero-order valence-electron chi connectivity index (χ0n) is 9.37. The minimum absolute atomic E-state index is 0.0950. The summed E-state index contributed by atoms with van der Waals surface area (Å²) in [4.78, 5) is 27.3. The number of Topliss-reactive ketones (excluding diaryl/α,β-unsaturated/α-hetero) is 1. The van der Waals surface area contributed by atoms with Gasteiger partial charge in [0, 0.05) is 12.3 Å². The van der Waals surface area contributed by atoms with Crippen molar-refractivity contribution in [1.29, 1.82) is 0 Å². The summed E-state index contributed by atoms with van der Waals surface area (Å²) < 4.78 is 4.91. The first-order valence-corrected chi connectivity index (χ1v) is 5.19. The van der Waals surface area contributed by atoms with E-state index >= 15 is 0 Å². The Hall–Kier alpha value is -2.69. The van der Waals surface area contributed by atoms with Gasteiger partial charge in [-0.2, -0.15) is 0 Å². The maximum Gasteiger partial charge on any atom is 0.243 e. The van der Waals surface area contributed by atoms with Crippen molar-refractivity contribution < 1.29 is 14.0 Å². The summed E-state index contributed by atoms with van der Waals surface area (Å²) in [6.45, 7) is 0. The zero-order valence-corrected chi connectivity index (χ0v) is 9.37. The molecule has 0 spiro atoms. The van der Waals surface area contributed by atoms with Gasteiger partial charge in [-0.3, -0.25) is 14.6 Å². The van der Waals surface area contributed by atoms with E-state index < -0.39 is 11.6 Å². The van der Waals surface area contributed by atoms with Crippen LogP contribution >= 0.6 is 0 Å². The van der Waals surface area contributed by atoms with Crippen LogP contribution in [0.4, 0.5) is 0 Å². The summed E-state index contributed by atoms with van der Waals surface area (Å²) in [7, 11) is 0. The molecule has 0 aliphatic carbocycles. The summed E-state index contributed by atoms with van der Waals surface area (Å²) in [5.41, 5.74) is 5.60.